The Balaban J connectivity index is 1.66. The van der Waals surface area contributed by atoms with Crippen molar-refractivity contribution >= 4 is 31.6 Å². The maximum atomic E-state index is 14.4. The molecule has 0 bridgehead atoms. The second-order valence-electron chi connectivity index (χ2n) is 12.5. The van der Waals surface area contributed by atoms with Gasteiger partial charge in [-0.3, -0.25) is 9.52 Å². The number of fused-ring (bicyclic) bond motifs is 1. The topological polar surface area (TPSA) is 152 Å². The van der Waals surface area contributed by atoms with Crippen LogP contribution in [0.3, 0.4) is 0 Å². The molecule has 0 spiro atoms. The lowest BCUT2D eigenvalue weighted by Gasteiger charge is -2.35. The number of aliphatic hydroxyl groups is 1. The first-order chi connectivity index (χ1) is 23.7. The molecule has 0 unspecified atom stereocenters. The van der Waals surface area contributed by atoms with Gasteiger partial charge >= 0.3 is 0 Å². The van der Waals surface area contributed by atoms with Crippen LogP contribution in [-0.2, 0) is 24.8 Å². The van der Waals surface area contributed by atoms with Gasteiger partial charge in [-0.1, -0.05) is 6.92 Å². The number of carbonyl (C=O) groups excluding carboxylic acids is 1. The number of sulfonamides is 2. The molecule has 4 atom stereocenters. The van der Waals surface area contributed by atoms with Gasteiger partial charge in [-0.25, -0.2) is 21.2 Å². The van der Waals surface area contributed by atoms with E-state index in [1.165, 1.54) is 53.7 Å². The van der Waals surface area contributed by atoms with Crippen molar-refractivity contribution in [2.45, 2.75) is 68.1 Å². The lowest BCUT2D eigenvalue weighted by Crippen LogP contribution is -2.48. The number of hydrogen-bond acceptors (Lipinski definition) is 9. The minimum Gasteiger partial charge on any atom is -0.497 e. The minimum atomic E-state index is -4.13. The van der Waals surface area contributed by atoms with Gasteiger partial charge in [-0.05, 0) is 99.8 Å². The summed E-state index contributed by atoms with van der Waals surface area (Å²) in [6, 6.07) is 14.1. The summed E-state index contributed by atoms with van der Waals surface area (Å²) in [7, 11) is -5.05. The van der Waals surface area contributed by atoms with Gasteiger partial charge in [0, 0.05) is 38.3 Å². The van der Waals surface area contributed by atoms with Crippen LogP contribution in [0.2, 0.25) is 0 Å². The number of nitrogens with zero attached hydrogens (tertiary/aromatic N) is 2. The summed E-state index contributed by atoms with van der Waals surface area (Å²) in [5.74, 6) is -0.759. The van der Waals surface area contributed by atoms with Crippen LogP contribution in [0.1, 0.15) is 50.4 Å². The van der Waals surface area contributed by atoms with Gasteiger partial charge in [-0.15, -0.1) is 0 Å². The molecule has 1 aliphatic heterocycles. The van der Waals surface area contributed by atoms with Crippen molar-refractivity contribution in [1.82, 2.24) is 9.21 Å². The molecule has 12 nitrogen and oxygen atoms in total. The zero-order valence-corrected chi connectivity index (χ0v) is 30.5. The zero-order chi connectivity index (χ0) is 36.6. The number of aliphatic hydroxyl groups excluding tert-OH is 1. The number of benzene rings is 3. The van der Waals surface area contributed by atoms with Crippen molar-refractivity contribution in [3.63, 3.8) is 0 Å². The van der Waals surface area contributed by atoms with Gasteiger partial charge in [0.15, 0.2) is 0 Å². The molecule has 0 saturated carbocycles. The Morgan fingerprint density at radius 2 is 1.68 bits per heavy atom. The molecule has 4 rings (SSSR count). The number of halogens is 1. The van der Waals surface area contributed by atoms with Crippen LogP contribution in [0.5, 0.6) is 11.5 Å². The largest absolute Gasteiger partial charge is 0.497 e. The molecule has 0 aliphatic carbocycles. The highest BCUT2D eigenvalue weighted by molar-refractivity contribution is 7.92. The Morgan fingerprint density at radius 3 is 2.32 bits per heavy atom. The quantitative estimate of drug-likeness (QED) is 0.301. The number of amides is 1. The predicted octanol–water partition coefficient (Wildman–Crippen LogP) is 4.75. The van der Waals surface area contributed by atoms with Crippen LogP contribution in [0.25, 0.3) is 0 Å². The molecule has 2 N–H and O–H groups in total. The number of ether oxygens (including phenoxy) is 3. The van der Waals surface area contributed by atoms with E-state index in [1.54, 1.807) is 19.1 Å². The lowest BCUT2D eigenvalue weighted by molar-refractivity contribution is -0.00834. The first-order valence-electron chi connectivity index (χ1n) is 16.4. The average Bonchev–Trinajstić information content (AvgIpc) is 3.09. The fourth-order valence-corrected chi connectivity index (χ4v) is 7.79. The van der Waals surface area contributed by atoms with Crippen molar-refractivity contribution in [2.24, 2.45) is 5.92 Å². The number of rotatable bonds is 10. The highest BCUT2D eigenvalue weighted by Crippen LogP contribution is 2.30. The Kier molecular flexibility index (Phi) is 13.2. The summed E-state index contributed by atoms with van der Waals surface area (Å²) >= 11 is 0. The lowest BCUT2D eigenvalue weighted by atomic mass is 10.0. The van der Waals surface area contributed by atoms with Gasteiger partial charge in [0.05, 0.1) is 47.3 Å². The number of methoxy groups -OCH3 is 1. The van der Waals surface area contributed by atoms with Crippen molar-refractivity contribution in [2.75, 3.05) is 45.2 Å². The summed E-state index contributed by atoms with van der Waals surface area (Å²) in [4.78, 5) is 15.8. The maximum Gasteiger partial charge on any atom is 0.261 e. The molecule has 3 aromatic carbocycles. The maximum absolute atomic E-state index is 14.4. The molecule has 1 aliphatic rings. The smallest absolute Gasteiger partial charge is 0.261 e. The fraction of sp³-hybridized carbons (Fsp3) is 0.457. The second-order valence-corrected chi connectivity index (χ2v) is 16.3. The van der Waals surface area contributed by atoms with E-state index in [1.807, 2.05) is 13.8 Å². The van der Waals surface area contributed by atoms with Gasteiger partial charge in [0.2, 0.25) is 10.0 Å². The second kappa shape index (κ2) is 17.0. The molecule has 0 radical (unpaired) electrons. The third kappa shape index (κ3) is 9.72. The predicted molar refractivity (Wildman–Crippen MR) is 187 cm³/mol. The number of likely N-dealkylation sites (N-methyl/N-ethyl adjacent to an activating group) is 1. The number of hydrogen-bond donors (Lipinski definition) is 2. The Hall–Kier alpha value is -3.76. The van der Waals surface area contributed by atoms with Crippen LogP contribution in [0.15, 0.2) is 76.5 Å². The molecule has 50 heavy (non-hydrogen) atoms. The molecule has 274 valence electrons. The molecule has 3 aromatic rings. The van der Waals surface area contributed by atoms with E-state index in [0.717, 1.165) is 30.7 Å². The molecule has 0 saturated heterocycles. The Bertz CT molecular complexity index is 1810. The van der Waals surface area contributed by atoms with Crippen molar-refractivity contribution in [3.05, 3.63) is 78.1 Å². The SMILES string of the molecule is COc1ccc(S(=O)(=O)N(C)C[C@H]2OCCCC[C@@H](C)Oc3ccc(NS(=O)(=O)c4ccc(F)cc4)cc3C(=O)N([C@H](C)CO)C[C@H]2C)cc1. The summed E-state index contributed by atoms with van der Waals surface area (Å²) in [6.07, 6.45) is 1.09. The van der Waals surface area contributed by atoms with Gasteiger partial charge in [0.25, 0.3) is 15.9 Å². The summed E-state index contributed by atoms with van der Waals surface area (Å²) < 4.78 is 88.0. The van der Waals surface area contributed by atoms with E-state index in [4.69, 9.17) is 14.2 Å². The number of carbonyl (C=O) groups is 1. The Labute approximate surface area is 294 Å². The third-order valence-corrected chi connectivity index (χ3v) is 11.9. The van der Waals surface area contributed by atoms with Gasteiger partial charge < -0.3 is 24.2 Å². The van der Waals surface area contributed by atoms with Crippen molar-refractivity contribution in [1.29, 1.82) is 0 Å². The van der Waals surface area contributed by atoms with Gasteiger partial charge in [0.1, 0.15) is 17.3 Å². The van der Waals surface area contributed by atoms with E-state index < -0.39 is 49.8 Å². The van der Waals surface area contributed by atoms with Crippen molar-refractivity contribution < 1.29 is 45.3 Å². The first-order valence-corrected chi connectivity index (χ1v) is 19.3. The van der Waals surface area contributed by atoms with E-state index in [0.29, 0.717) is 25.2 Å². The number of nitrogens with one attached hydrogen (secondary N) is 1. The molecular formula is C35H46FN3O9S2. The molecule has 1 amide bonds. The Morgan fingerprint density at radius 1 is 1.02 bits per heavy atom. The van der Waals surface area contributed by atoms with Crippen LogP contribution in [0.4, 0.5) is 10.1 Å². The summed E-state index contributed by atoms with van der Waals surface area (Å²) in [6.45, 7) is 5.44. The number of anilines is 1. The summed E-state index contributed by atoms with van der Waals surface area (Å²) in [5, 5.41) is 10.2. The monoisotopic (exact) mass is 735 g/mol. The minimum absolute atomic E-state index is 0.00349. The van der Waals surface area contributed by atoms with E-state index in [2.05, 4.69) is 4.72 Å². The molecule has 0 fully saturated rings. The van der Waals surface area contributed by atoms with Crippen LogP contribution in [-0.4, -0.2) is 95.8 Å². The first kappa shape index (κ1) is 39.0. The standard InChI is InChI=1S/C35H46FN3O9S2/c1-24-21-39(25(2)23-40)35(41)32-20-28(37-49(42,43)30-14-9-27(36)10-15-30)11-18-33(32)48-26(3)8-6-7-19-47-34(24)22-38(4)50(44,45)31-16-12-29(46-5)13-17-31/h9-18,20,24-26,34,37,40H,6-8,19,21-23H2,1-5H3/t24-,25-,26-,34-/m1/s1. The van der Waals surface area contributed by atoms with Gasteiger partial charge in [-0.2, -0.15) is 4.31 Å². The molecule has 0 aromatic heterocycles. The molecule has 15 heteroatoms. The van der Waals surface area contributed by atoms with Crippen LogP contribution < -0.4 is 14.2 Å². The zero-order valence-electron chi connectivity index (χ0n) is 28.9. The van der Waals surface area contributed by atoms with E-state index >= 15 is 0 Å². The average molecular weight is 736 g/mol. The normalized spacial score (nSPS) is 20.4. The third-order valence-electron chi connectivity index (χ3n) is 8.63. The molecule has 1 heterocycles. The summed E-state index contributed by atoms with van der Waals surface area (Å²) in [5.41, 5.74) is 0.146. The fourth-order valence-electron chi connectivity index (χ4n) is 5.56. The van der Waals surface area contributed by atoms with Crippen molar-refractivity contribution in [3.8, 4) is 11.5 Å². The van der Waals surface area contributed by atoms with Crippen LogP contribution in [0, 0.1) is 11.7 Å². The van der Waals surface area contributed by atoms with E-state index in [-0.39, 0.29) is 52.6 Å². The van der Waals surface area contributed by atoms with E-state index in [9.17, 15) is 31.1 Å². The highest BCUT2D eigenvalue weighted by atomic mass is 32.2. The van der Waals surface area contributed by atoms with Crippen LogP contribution >= 0.6 is 0 Å². The highest BCUT2D eigenvalue weighted by Gasteiger charge is 2.32. The molecular weight excluding hydrogens is 690 g/mol.